The van der Waals surface area contributed by atoms with Gasteiger partial charge in [0, 0.05) is 39.1 Å². The zero-order valence-corrected chi connectivity index (χ0v) is 13.6. The fourth-order valence-corrected chi connectivity index (χ4v) is 2.67. The number of hydrogen-bond donors (Lipinski definition) is 0. The van der Waals surface area contributed by atoms with Crippen LogP contribution in [0, 0.1) is 0 Å². The molecule has 0 fully saturated rings. The molecular formula is C12H21BrClN3O. The maximum atomic E-state index is 6.36. The maximum Gasteiger partial charge on any atom is 0.0863 e. The SMILES string of the molecule is CCc1nn(C)c(CN(CCBr)CCOC)c1Cl. The van der Waals surface area contributed by atoms with Crippen LogP contribution >= 0.6 is 27.5 Å². The van der Waals surface area contributed by atoms with Crippen LogP contribution in [0.3, 0.4) is 0 Å². The highest BCUT2D eigenvalue weighted by atomic mass is 79.9. The van der Waals surface area contributed by atoms with Gasteiger partial charge < -0.3 is 4.74 Å². The Labute approximate surface area is 122 Å². The van der Waals surface area contributed by atoms with Gasteiger partial charge in [0.1, 0.15) is 0 Å². The van der Waals surface area contributed by atoms with Crippen LogP contribution in [0.4, 0.5) is 0 Å². The van der Waals surface area contributed by atoms with Crippen molar-refractivity contribution < 1.29 is 4.74 Å². The zero-order chi connectivity index (χ0) is 13.5. The molecule has 0 spiro atoms. The molecule has 0 aliphatic rings. The van der Waals surface area contributed by atoms with E-state index in [1.54, 1.807) is 7.11 Å². The fourth-order valence-electron chi connectivity index (χ4n) is 1.81. The van der Waals surface area contributed by atoms with Crippen molar-refractivity contribution in [3.05, 3.63) is 16.4 Å². The molecule has 0 aromatic carbocycles. The molecule has 0 bridgehead atoms. The molecule has 0 aliphatic heterocycles. The molecule has 1 aromatic rings. The van der Waals surface area contributed by atoms with Crippen LogP contribution in [0.2, 0.25) is 5.02 Å². The molecule has 0 N–H and O–H groups in total. The Balaban J connectivity index is 2.76. The molecular weight excluding hydrogens is 318 g/mol. The van der Waals surface area contributed by atoms with E-state index in [2.05, 4.69) is 32.9 Å². The molecule has 1 heterocycles. The third-order valence-corrected chi connectivity index (χ3v) is 3.68. The van der Waals surface area contributed by atoms with Crippen molar-refractivity contribution in [1.82, 2.24) is 14.7 Å². The smallest absolute Gasteiger partial charge is 0.0863 e. The first kappa shape index (κ1) is 16.0. The summed E-state index contributed by atoms with van der Waals surface area (Å²) in [7, 11) is 3.67. The van der Waals surface area contributed by atoms with Gasteiger partial charge in [-0.05, 0) is 6.42 Å². The number of aryl methyl sites for hydroxylation is 2. The van der Waals surface area contributed by atoms with Crippen molar-refractivity contribution in [3.63, 3.8) is 0 Å². The summed E-state index contributed by atoms with van der Waals surface area (Å²) >= 11 is 9.83. The lowest BCUT2D eigenvalue weighted by Gasteiger charge is -2.21. The number of hydrogen-bond acceptors (Lipinski definition) is 3. The lowest BCUT2D eigenvalue weighted by atomic mass is 10.3. The molecule has 0 unspecified atom stereocenters. The van der Waals surface area contributed by atoms with E-state index >= 15 is 0 Å². The van der Waals surface area contributed by atoms with Gasteiger partial charge in [0.25, 0.3) is 0 Å². The fraction of sp³-hybridized carbons (Fsp3) is 0.750. The lowest BCUT2D eigenvalue weighted by molar-refractivity contribution is 0.147. The highest BCUT2D eigenvalue weighted by Crippen LogP contribution is 2.22. The number of ether oxygens (including phenoxy) is 1. The first-order chi connectivity index (χ1) is 8.63. The second kappa shape index (κ2) is 8.15. The van der Waals surface area contributed by atoms with Crippen molar-refractivity contribution in [3.8, 4) is 0 Å². The Kier molecular flexibility index (Phi) is 7.22. The van der Waals surface area contributed by atoms with Gasteiger partial charge in [-0.2, -0.15) is 5.10 Å². The van der Waals surface area contributed by atoms with E-state index in [4.69, 9.17) is 16.3 Å². The molecule has 1 aromatic heterocycles. The van der Waals surface area contributed by atoms with Crippen LogP contribution < -0.4 is 0 Å². The number of halogens is 2. The number of rotatable bonds is 8. The predicted molar refractivity (Wildman–Crippen MR) is 78.5 cm³/mol. The van der Waals surface area contributed by atoms with Crippen molar-refractivity contribution >= 4 is 27.5 Å². The number of alkyl halides is 1. The highest BCUT2D eigenvalue weighted by molar-refractivity contribution is 9.09. The van der Waals surface area contributed by atoms with Gasteiger partial charge in [-0.1, -0.05) is 34.5 Å². The largest absolute Gasteiger partial charge is 0.383 e. The number of nitrogens with zero attached hydrogens (tertiary/aromatic N) is 3. The van der Waals surface area contributed by atoms with E-state index in [1.165, 1.54) is 0 Å². The summed E-state index contributed by atoms with van der Waals surface area (Å²) in [6, 6.07) is 0. The summed E-state index contributed by atoms with van der Waals surface area (Å²) in [5.41, 5.74) is 2.05. The molecule has 18 heavy (non-hydrogen) atoms. The third-order valence-electron chi connectivity index (χ3n) is 2.89. The molecule has 0 saturated heterocycles. The second-order valence-corrected chi connectivity index (χ2v) is 5.31. The first-order valence-corrected chi connectivity index (χ1v) is 7.61. The van der Waals surface area contributed by atoms with Gasteiger partial charge in [0.15, 0.2) is 0 Å². The summed E-state index contributed by atoms with van der Waals surface area (Å²) in [4.78, 5) is 2.31. The standard InChI is InChI=1S/C12H21BrClN3O/c1-4-10-12(14)11(16(2)15-10)9-17(6-5-13)7-8-18-3/h4-9H2,1-3H3. The van der Waals surface area contributed by atoms with Gasteiger partial charge in [0.05, 0.1) is 23.0 Å². The van der Waals surface area contributed by atoms with Crippen LogP contribution in [0.25, 0.3) is 0 Å². The Morgan fingerprint density at radius 2 is 2.17 bits per heavy atom. The van der Waals surface area contributed by atoms with Crippen LogP contribution in [0.15, 0.2) is 0 Å². The molecule has 1 rings (SSSR count). The summed E-state index contributed by atoms with van der Waals surface area (Å²) in [6.45, 7) is 5.46. The number of methoxy groups -OCH3 is 1. The molecule has 6 heteroatoms. The van der Waals surface area contributed by atoms with Crippen LogP contribution in [-0.4, -0.2) is 46.8 Å². The summed E-state index contributed by atoms with van der Waals surface area (Å²) in [5.74, 6) is 0. The zero-order valence-electron chi connectivity index (χ0n) is 11.2. The van der Waals surface area contributed by atoms with Crippen LogP contribution in [0.1, 0.15) is 18.3 Å². The molecule has 104 valence electrons. The van der Waals surface area contributed by atoms with E-state index in [9.17, 15) is 0 Å². The average Bonchev–Trinajstić information content (AvgIpc) is 2.63. The third kappa shape index (κ3) is 4.23. The lowest BCUT2D eigenvalue weighted by Crippen LogP contribution is -2.29. The minimum absolute atomic E-state index is 0.725. The molecule has 0 radical (unpaired) electrons. The summed E-state index contributed by atoms with van der Waals surface area (Å²) < 4.78 is 7.01. The van der Waals surface area contributed by atoms with Crippen molar-refractivity contribution in [2.24, 2.45) is 7.05 Å². The predicted octanol–water partition coefficient (Wildman–Crippen LogP) is 2.48. The van der Waals surface area contributed by atoms with Gasteiger partial charge in [-0.3, -0.25) is 9.58 Å². The van der Waals surface area contributed by atoms with Gasteiger partial charge >= 0.3 is 0 Å². The molecule has 0 saturated carbocycles. The Hall–Kier alpha value is -0.100. The van der Waals surface area contributed by atoms with Gasteiger partial charge in [0.2, 0.25) is 0 Å². The quantitative estimate of drug-likeness (QED) is 0.682. The Bertz CT molecular complexity index is 370. The molecule has 0 amide bonds. The summed E-state index contributed by atoms with van der Waals surface area (Å²) in [6.07, 6.45) is 0.864. The first-order valence-electron chi connectivity index (χ1n) is 6.11. The second-order valence-electron chi connectivity index (χ2n) is 4.14. The van der Waals surface area contributed by atoms with E-state index in [-0.39, 0.29) is 0 Å². The topological polar surface area (TPSA) is 30.3 Å². The molecule has 0 atom stereocenters. The minimum Gasteiger partial charge on any atom is -0.383 e. The maximum absolute atomic E-state index is 6.36. The average molecular weight is 339 g/mol. The van der Waals surface area contributed by atoms with Crippen LogP contribution in [-0.2, 0) is 24.8 Å². The normalized spacial score (nSPS) is 11.4. The van der Waals surface area contributed by atoms with E-state index in [1.807, 2.05) is 11.7 Å². The monoisotopic (exact) mass is 337 g/mol. The Morgan fingerprint density at radius 3 is 2.67 bits per heavy atom. The van der Waals surface area contributed by atoms with E-state index in [0.29, 0.717) is 0 Å². The van der Waals surface area contributed by atoms with Crippen LogP contribution in [0.5, 0.6) is 0 Å². The summed E-state index contributed by atoms with van der Waals surface area (Å²) in [5, 5.41) is 6.18. The van der Waals surface area contributed by atoms with E-state index in [0.717, 1.165) is 54.4 Å². The van der Waals surface area contributed by atoms with Crippen molar-refractivity contribution in [2.75, 3.05) is 32.1 Å². The van der Waals surface area contributed by atoms with Crippen molar-refractivity contribution in [2.45, 2.75) is 19.9 Å². The Morgan fingerprint density at radius 1 is 1.44 bits per heavy atom. The van der Waals surface area contributed by atoms with Gasteiger partial charge in [-0.15, -0.1) is 0 Å². The molecule has 0 aliphatic carbocycles. The highest BCUT2D eigenvalue weighted by Gasteiger charge is 2.15. The molecule has 4 nitrogen and oxygen atoms in total. The van der Waals surface area contributed by atoms with E-state index < -0.39 is 0 Å². The van der Waals surface area contributed by atoms with Crippen molar-refractivity contribution in [1.29, 1.82) is 0 Å². The van der Waals surface area contributed by atoms with Gasteiger partial charge in [-0.25, -0.2) is 0 Å². The minimum atomic E-state index is 0.725. The number of aromatic nitrogens is 2.